The summed E-state index contributed by atoms with van der Waals surface area (Å²) in [6, 6.07) is 2.44. The minimum absolute atomic E-state index is 0.0815. The molecule has 1 aromatic heterocycles. The summed E-state index contributed by atoms with van der Waals surface area (Å²) in [4.78, 5) is 4.18. The number of nitrogens with zero attached hydrogens (tertiary/aromatic N) is 3. The third kappa shape index (κ3) is 7.03. The molecule has 2 aromatic rings. The summed E-state index contributed by atoms with van der Waals surface area (Å²) in [6.07, 6.45) is -3.56. The molecule has 4 N–H and O–H groups in total. The van der Waals surface area contributed by atoms with E-state index in [-0.39, 0.29) is 30.3 Å². The number of anilines is 1. The zero-order valence-corrected chi connectivity index (χ0v) is 16.6. The van der Waals surface area contributed by atoms with Crippen LogP contribution in [-0.2, 0) is 16.4 Å². The van der Waals surface area contributed by atoms with Crippen LogP contribution in [-0.4, -0.2) is 37.5 Å². The van der Waals surface area contributed by atoms with Crippen LogP contribution in [0.3, 0.4) is 0 Å². The molecule has 1 aromatic carbocycles. The number of hydrogen-bond acceptors (Lipinski definition) is 7. The highest BCUT2D eigenvalue weighted by atomic mass is 32.2. The fraction of sp³-hybridized carbons (Fsp3) is 0.438. The summed E-state index contributed by atoms with van der Waals surface area (Å²) in [5.74, 6) is -1.20. The molecule has 0 aliphatic carbocycles. The molecule has 30 heavy (non-hydrogen) atoms. The molecule has 1 heterocycles. The van der Waals surface area contributed by atoms with Gasteiger partial charge in [-0.25, -0.2) is 18.9 Å². The predicted octanol–water partition coefficient (Wildman–Crippen LogP) is 2.74. The van der Waals surface area contributed by atoms with Crippen LogP contribution >= 0.6 is 0 Å². The molecule has 14 heteroatoms. The molecule has 0 saturated carbocycles. The summed E-state index contributed by atoms with van der Waals surface area (Å²) < 4.78 is 80.8. The first kappa shape index (κ1) is 23.7. The van der Waals surface area contributed by atoms with Gasteiger partial charge in [-0.05, 0) is 41.4 Å². The van der Waals surface area contributed by atoms with E-state index in [9.17, 15) is 26.0 Å². The number of aromatic nitrogens is 2. The Bertz CT molecular complexity index is 991. The maximum absolute atomic E-state index is 13.5. The molecular formula is C16H20F4N6O3S. The van der Waals surface area contributed by atoms with Crippen LogP contribution in [0.1, 0.15) is 37.4 Å². The van der Waals surface area contributed by atoms with E-state index < -0.39 is 27.8 Å². The number of halogens is 4. The molecule has 9 nitrogen and oxygen atoms in total. The second kappa shape index (κ2) is 9.95. The quantitative estimate of drug-likeness (QED) is 0.288. The van der Waals surface area contributed by atoms with Crippen LogP contribution in [0.5, 0.6) is 0 Å². The van der Waals surface area contributed by atoms with Gasteiger partial charge in [0.15, 0.2) is 11.5 Å². The zero-order chi connectivity index (χ0) is 22.4. The molecule has 0 amide bonds. The van der Waals surface area contributed by atoms with Crippen LogP contribution < -0.4 is 15.2 Å². The van der Waals surface area contributed by atoms with Crippen molar-refractivity contribution in [2.24, 2.45) is 10.1 Å². The van der Waals surface area contributed by atoms with E-state index in [1.54, 1.807) is 0 Å². The lowest BCUT2D eigenvalue weighted by atomic mass is 10.1. The van der Waals surface area contributed by atoms with E-state index in [0.29, 0.717) is 37.1 Å². The van der Waals surface area contributed by atoms with E-state index in [1.807, 2.05) is 6.92 Å². The first-order valence-electron chi connectivity index (χ1n) is 8.79. The Morgan fingerprint density at radius 3 is 2.63 bits per heavy atom. The highest BCUT2D eigenvalue weighted by Crippen LogP contribution is 2.34. The smallest absolute Gasteiger partial charge is 0.365 e. The molecule has 0 spiro atoms. The van der Waals surface area contributed by atoms with Gasteiger partial charge in [0.05, 0.1) is 17.0 Å². The highest BCUT2D eigenvalue weighted by Gasteiger charge is 2.34. The lowest BCUT2D eigenvalue weighted by molar-refractivity contribution is -0.139. The van der Waals surface area contributed by atoms with Gasteiger partial charge in [-0.1, -0.05) is 13.3 Å². The molecule has 166 valence electrons. The molecule has 0 unspecified atom stereocenters. The van der Waals surface area contributed by atoms with Crippen LogP contribution in [0.25, 0.3) is 0 Å². The predicted molar refractivity (Wildman–Crippen MR) is 101 cm³/mol. The molecule has 0 saturated heterocycles. The molecule has 0 aliphatic heterocycles. The van der Waals surface area contributed by atoms with Crippen molar-refractivity contribution in [3.05, 3.63) is 35.3 Å². The van der Waals surface area contributed by atoms with Gasteiger partial charge >= 0.3 is 6.18 Å². The van der Waals surface area contributed by atoms with E-state index in [1.165, 1.54) is 0 Å². The largest absolute Gasteiger partial charge is 0.419 e. The number of nitrogens with two attached hydrogens (primary N) is 1. The average Bonchev–Trinajstić information content (AvgIpc) is 3.09. The van der Waals surface area contributed by atoms with Crippen molar-refractivity contribution in [1.29, 1.82) is 0 Å². The van der Waals surface area contributed by atoms with Gasteiger partial charge in [-0.2, -0.15) is 21.6 Å². The Morgan fingerprint density at radius 1 is 1.27 bits per heavy atom. The number of alkyl halides is 3. The Hall–Kier alpha value is -2.58. The number of aliphatic imine (C=N–C) groups is 1. The van der Waals surface area contributed by atoms with E-state index in [0.717, 1.165) is 6.07 Å². The average molecular weight is 452 g/mol. The summed E-state index contributed by atoms with van der Waals surface area (Å²) in [5.41, 5.74) is -1.03. The lowest BCUT2D eigenvalue weighted by Crippen LogP contribution is -2.32. The fourth-order valence-corrected chi connectivity index (χ4v) is 2.85. The Balaban J connectivity index is 2.20. The molecule has 0 aliphatic rings. The van der Waals surface area contributed by atoms with E-state index in [4.69, 9.17) is 9.77 Å². The molecular weight excluding hydrogens is 432 g/mol. The first-order chi connectivity index (χ1) is 14.0. The van der Waals surface area contributed by atoms with Gasteiger partial charge in [0.25, 0.3) is 10.2 Å². The Kier molecular flexibility index (Phi) is 7.86. The van der Waals surface area contributed by atoms with Gasteiger partial charge in [-0.3, -0.25) is 4.99 Å². The van der Waals surface area contributed by atoms with Crippen molar-refractivity contribution >= 4 is 27.4 Å². The number of benzene rings is 1. The maximum atomic E-state index is 13.5. The Morgan fingerprint density at radius 2 is 2.00 bits per heavy atom. The van der Waals surface area contributed by atoms with Gasteiger partial charge in [0, 0.05) is 13.1 Å². The SMILES string of the molecule is CCCC(=Nc1ccc(F)c(C(F)(F)F)c1)c1nonc1NCCCNS(N)(=O)=O. The summed E-state index contributed by atoms with van der Waals surface area (Å²) in [5, 5.41) is 15.2. The van der Waals surface area contributed by atoms with Crippen LogP contribution in [0.2, 0.25) is 0 Å². The van der Waals surface area contributed by atoms with Gasteiger partial charge in [0.1, 0.15) is 5.82 Å². The second-order valence-corrected chi connectivity index (χ2v) is 7.53. The first-order valence-corrected chi connectivity index (χ1v) is 10.3. The third-order valence-corrected chi connectivity index (χ3v) is 4.32. The maximum Gasteiger partial charge on any atom is 0.419 e. The van der Waals surface area contributed by atoms with Crippen molar-refractivity contribution in [1.82, 2.24) is 15.0 Å². The molecule has 0 fully saturated rings. The zero-order valence-electron chi connectivity index (χ0n) is 15.8. The number of rotatable bonds is 10. The topological polar surface area (TPSA) is 136 Å². The molecule has 0 radical (unpaired) electrons. The van der Waals surface area contributed by atoms with E-state index >= 15 is 0 Å². The van der Waals surface area contributed by atoms with Crippen molar-refractivity contribution in [3.63, 3.8) is 0 Å². The van der Waals surface area contributed by atoms with Crippen molar-refractivity contribution < 1.29 is 30.6 Å². The normalized spacial score (nSPS) is 12.9. The Labute approximate surface area is 169 Å². The summed E-state index contributed by atoms with van der Waals surface area (Å²) in [6.45, 7) is 2.19. The van der Waals surface area contributed by atoms with Gasteiger partial charge in [0.2, 0.25) is 0 Å². The highest BCUT2D eigenvalue weighted by molar-refractivity contribution is 7.87. The standard InChI is InChI=1S/C16H20F4N6O3S/c1-2-4-13(24-10-5-6-12(17)11(9-10)16(18,19)20)14-15(26-29-25-14)22-7-3-8-23-30(21,27)28/h5-6,9,23H,2-4,7-8H2,1H3,(H,22,26)(H2,21,27,28). The van der Waals surface area contributed by atoms with Crippen molar-refractivity contribution in [3.8, 4) is 0 Å². The number of nitrogens with one attached hydrogen (secondary N) is 2. The van der Waals surface area contributed by atoms with Crippen molar-refractivity contribution in [2.45, 2.75) is 32.4 Å². The monoisotopic (exact) mass is 452 g/mol. The van der Waals surface area contributed by atoms with Crippen LogP contribution in [0, 0.1) is 5.82 Å². The molecule has 2 rings (SSSR count). The van der Waals surface area contributed by atoms with Crippen LogP contribution in [0.15, 0.2) is 27.8 Å². The third-order valence-electron chi connectivity index (χ3n) is 3.72. The van der Waals surface area contributed by atoms with Gasteiger partial charge < -0.3 is 5.32 Å². The molecule has 0 atom stereocenters. The summed E-state index contributed by atoms with van der Waals surface area (Å²) in [7, 11) is -3.79. The minimum atomic E-state index is -4.85. The van der Waals surface area contributed by atoms with Gasteiger partial charge in [-0.15, -0.1) is 0 Å². The molecule has 0 bridgehead atoms. The fourth-order valence-electron chi connectivity index (χ4n) is 2.42. The lowest BCUT2D eigenvalue weighted by Gasteiger charge is -2.10. The number of hydrogen-bond donors (Lipinski definition) is 3. The van der Waals surface area contributed by atoms with Crippen LogP contribution in [0.4, 0.5) is 29.1 Å². The second-order valence-electron chi connectivity index (χ2n) is 6.15. The van der Waals surface area contributed by atoms with E-state index in [2.05, 4.69) is 25.3 Å². The minimum Gasteiger partial charge on any atom is -0.365 e. The summed E-state index contributed by atoms with van der Waals surface area (Å²) >= 11 is 0. The van der Waals surface area contributed by atoms with Crippen molar-refractivity contribution in [2.75, 3.05) is 18.4 Å².